The maximum absolute atomic E-state index is 12.8. The van der Waals surface area contributed by atoms with Crippen LogP contribution in [0.25, 0.3) is 0 Å². The van der Waals surface area contributed by atoms with Gasteiger partial charge in [-0.25, -0.2) is 0 Å². The van der Waals surface area contributed by atoms with Crippen LogP contribution in [-0.2, 0) is 12.7 Å². The normalized spacial score (nSPS) is 19.9. The second-order valence-corrected chi connectivity index (χ2v) is 5.78. The second kappa shape index (κ2) is 5.64. The molecule has 1 aromatic carbocycles. The summed E-state index contributed by atoms with van der Waals surface area (Å²) in [5, 5.41) is 0. The molecule has 20 heavy (non-hydrogen) atoms. The molecule has 1 aliphatic heterocycles. The molecule has 1 saturated heterocycles. The first-order chi connectivity index (χ1) is 9.32. The number of anilines is 1. The topological polar surface area (TPSA) is 29.3 Å². The molecule has 2 rings (SSSR count). The highest BCUT2D eigenvalue weighted by atomic mass is 19.4. The van der Waals surface area contributed by atoms with Crippen molar-refractivity contribution in [2.45, 2.75) is 33.0 Å². The third-order valence-corrected chi connectivity index (χ3v) is 4.15. The van der Waals surface area contributed by atoms with Gasteiger partial charge in [-0.2, -0.15) is 13.2 Å². The van der Waals surface area contributed by atoms with Gasteiger partial charge < -0.3 is 10.6 Å². The first kappa shape index (κ1) is 15.2. The zero-order chi connectivity index (χ0) is 14.9. The largest absolute Gasteiger partial charge is 0.416 e. The standard InChI is InChI=1S/C15H21F3N2/c1-10(2)11-5-6-20(9-11)13-3-4-14(15(16,17)18)12(7-13)8-19/h3-4,7,10-11H,5-6,8-9,19H2,1-2H3. The van der Waals surface area contributed by atoms with Gasteiger partial charge in [-0.1, -0.05) is 13.8 Å². The summed E-state index contributed by atoms with van der Waals surface area (Å²) in [4.78, 5) is 2.16. The van der Waals surface area contributed by atoms with Crippen LogP contribution in [0, 0.1) is 11.8 Å². The average molecular weight is 286 g/mol. The van der Waals surface area contributed by atoms with Crippen LogP contribution < -0.4 is 10.6 Å². The number of halogens is 3. The Labute approximate surface area is 117 Å². The van der Waals surface area contributed by atoms with E-state index in [2.05, 4.69) is 18.7 Å². The molecule has 0 saturated carbocycles. The van der Waals surface area contributed by atoms with Crippen LogP contribution in [0.1, 0.15) is 31.4 Å². The smallest absolute Gasteiger partial charge is 0.371 e. The predicted molar refractivity (Wildman–Crippen MR) is 74.5 cm³/mol. The lowest BCUT2D eigenvalue weighted by atomic mass is 9.95. The van der Waals surface area contributed by atoms with E-state index in [4.69, 9.17) is 5.73 Å². The van der Waals surface area contributed by atoms with Crippen LogP contribution in [-0.4, -0.2) is 13.1 Å². The van der Waals surface area contributed by atoms with E-state index >= 15 is 0 Å². The van der Waals surface area contributed by atoms with Gasteiger partial charge in [0.1, 0.15) is 0 Å². The lowest BCUT2D eigenvalue weighted by Gasteiger charge is -2.22. The Bertz CT molecular complexity index is 469. The summed E-state index contributed by atoms with van der Waals surface area (Å²) in [5.74, 6) is 1.21. The van der Waals surface area contributed by atoms with Crippen molar-refractivity contribution in [2.75, 3.05) is 18.0 Å². The SMILES string of the molecule is CC(C)C1CCN(c2ccc(C(F)(F)F)c(CN)c2)C1. The van der Waals surface area contributed by atoms with Gasteiger partial charge in [-0.05, 0) is 42.0 Å². The van der Waals surface area contributed by atoms with Crippen LogP contribution in [0.2, 0.25) is 0 Å². The van der Waals surface area contributed by atoms with Gasteiger partial charge >= 0.3 is 6.18 Å². The second-order valence-electron chi connectivity index (χ2n) is 5.78. The van der Waals surface area contributed by atoms with Crippen molar-refractivity contribution >= 4 is 5.69 Å². The van der Waals surface area contributed by atoms with Gasteiger partial charge in [0.25, 0.3) is 0 Å². The summed E-state index contributed by atoms with van der Waals surface area (Å²) >= 11 is 0. The van der Waals surface area contributed by atoms with Crippen LogP contribution in [0.3, 0.4) is 0 Å². The molecule has 1 heterocycles. The van der Waals surface area contributed by atoms with Crippen molar-refractivity contribution in [1.29, 1.82) is 0 Å². The molecule has 0 aliphatic carbocycles. The van der Waals surface area contributed by atoms with Crippen molar-refractivity contribution in [3.05, 3.63) is 29.3 Å². The number of hydrogen-bond acceptors (Lipinski definition) is 2. The van der Waals surface area contributed by atoms with Crippen LogP contribution in [0.15, 0.2) is 18.2 Å². The van der Waals surface area contributed by atoms with E-state index in [0.717, 1.165) is 31.3 Å². The maximum atomic E-state index is 12.8. The van der Waals surface area contributed by atoms with Gasteiger partial charge in [-0.15, -0.1) is 0 Å². The summed E-state index contributed by atoms with van der Waals surface area (Å²) in [5.41, 5.74) is 5.87. The Morgan fingerprint density at radius 2 is 2.05 bits per heavy atom. The molecule has 112 valence electrons. The monoisotopic (exact) mass is 286 g/mol. The highest BCUT2D eigenvalue weighted by Crippen LogP contribution is 2.35. The van der Waals surface area contributed by atoms with E-state index in [1.165, 1.54) is 0 Å². The minimum atomic E-state index is -4.33. The average Bonchev–Trinajstić information content (AvgIpc) is 2.86. The molecule has 1 fully saturated rings. The zero-order valence-electron chi connectivity index (χ0n) is 11.9. The Morgan fingerprint density at radius 3 is 2.55 bits per heavy atom. The molecular weight excluding hydrogens is 265 g/mol. The van der Waals surface area contributed by atoms with Gasteiger partial charge in [-0.3, -0.25) is 0 Å². The van der Waals surface area contributed by atoms with Gasteiger partial charge in [0, 0.05) is 25.3 Å². The number of benzene rings is 1. The first-order valence-corrected chi connectivity index (χ1v) is 6.98. The molecule has 0 amide bonds. The first-order valence-electron chi connectivity index (χ1n) is 6.98. The number of nitrogens with zero attached hydrogens (tertiary/aromatic N) is 1. The molecule has 1 atom stereocenters. The summed E-state index contributed by atoms with van der Waals surface area (Å²) in [7, 11) is 0. The van der Waals surface area contributed by atoms with Crippen molar-refractivity contribution in [1.82, 2.24) is 0 Å². The number of hydrogen-bond donors (Lipinski definition) is 1. The molecule has 1 aliphatic rings. The molecule has 5 heteroatoms. The fraction of sp³-hybridized carbons (Fsp3) is 0.600. The molecular formula is C15H21F3N2. The van der Waals surface area contributed by atoms with E-state index in [-0.39, 0.29) is 12.1 Å². The molecule has 2 nitrogen and oxygen atoms in total. The third-order valence-electron chi connectivity index (χ3n) is 4.15. The Morgan fingerprint density at radius 1 is 1.35 bits per heavy atom. The third kappa shape index (κ3) is 3.08. The Hall–Kier alpha value is -1.23. The summed E-state index contributed by atoms with van der Waals surface area (Å²) in [6.07, 6.45) is -3.24. The predicted octanol–water partition coefficient (Wildman–Crippen LogP) is 3.65. The Kier molecular flexibility index (Phi) is 4.28. The van der Waals surface area contributed by atoms with Crippen molar-refractivity contribution in [3.8, 4) is 0 Å². The zero-order valence-corrected chi connectivity index (χ0v) is 11.9. The number of rotatable bonds is 3. The quantitative estimate of drug-likeness (QED) is 0.919. The fourth-order valence-corrected chi connectivity index (χ4v) is 2.79. The molecule has 0 aromatic heterocycles. The summed E-state index contributed by atoms with van der Waals surface area (Å²) in [6, 6.07) is 4.30. The van der Waals surface area contributed by atoms with Gasteiger partial charge in [0.15, 0.2) is 0 Å². The molecule has 2 N–H and O–H groups in total. The van der Waals surface area contributed by atoms with E-state index in [1.807, 2.05) is 0 Å². The van der Waals surface area contributed by atoms with E-state index in [1.54, 1.807) is 12.1 Å². The number of alkyl halides is 3. The summed E-state index contributed by atoms with van der Waals surface area (Å²) in [6.45, 7) is 6.09. The minimum Gasteiger partial charge on any atom is -0.371 e. The lowest BCUT2D eigenvalue weighted by molar-refractivity contribution is -0.138. The van der Waals surface area contributed by atoms with Gasteiger partial charge in [0.2, 0.25) is 0 Å². The van der Waals surface area contributed by atoms with Crippen LogP contribution >= 0.6 is 0 Å². The lowest BCUT2D eigenvalue weighted by Crippen LogP contribution is -2.22. The molecule has 0 radical (unpaired) electrons. The minimum absolute atomic E-state index is 0.0931. The molecule has 0 spiro atoms. The molecule has 0 bridgehead atoms. The van der Waals surface area contributed by atoms with Crippen LogP contribution in [0.4, 0.5) is 18.9 Å². The molecule has 1 unspecified atom stereocenters. The van der Waals surface area contributed by atoms with Crippen molar-refractivity contribution < 1.29 is 13.2 Å². The van der Waals surface area contributed by atoms with Crippen molar-refractivity contribution in [2.24, 2.45) is 17.6 Å². The van der Waals surface area contributed by atoms with Crippen molar-refractivity contribution in [3.63, 3.8) is 0 Å². The van der Waals surface area contributed by atoms with E-state index in [0.29, 0.717) is 11.8 Å². The van der Waals surface area contributed by atoms with Gasteiger partial charge in [0.05, 0.1) is 5.56 Å². The number of nitrogens with two attached hydrogens (primary N) is 1. The maximum Gasteiger partial charge on any atom is 0.416 e. The highest BCUT2D eigenvalue weighted by Gasteiger charge is 2.33. The fourth-order valence-electron chi connectivity index (χ4n) is 2.79. The summed E-state index contributed by atoms with van der Waals surface area (Å²) < 4.78 is 38.5. The molecule has 1 aromatic rings. The van der Waals surface area contributed by atoms with E-state index in [9.17, 15) is 13.2 Å². The van der Waals surface area contributed by atoms with Crippen LogP contribution in [0.5, 0.6) is 0 Å². The Balaban J connectivity index is 2.23. The highest BCUT2D eigenvalue weighted by molar-refractivity contribution is 5.52. The van der Waals surface area contributed by atoms with E-state index < -0.39 is 11.7 Å².